The summed E-state index contributed by atoms with van der Waals surface area (Å²) in [6, 6.07) is 10.2. The summed E-state index contributed by atoms with van der Waals surface area (Å²) in [6.45, 7) is 10.3. The third kappa shape index (κ3) is 5.13. The van der Waals surface area contributed by atoms with Gasteiger partial charge in [-0.3, -0.25) is 4.99 Å². The van der Waals surface area contributed by atoms with Crippen LogP contribution in [0.3, 0.4) is 0 Å². The van der Waals surface area contributed by atoms with E-state index >= 15 is 0 Å². The first kappa shape index (κ1) is 14.4. The summed E-state index contributed by atoms with van der Waals surface area (Å²) in [5, 5.41) is 0. The molecule has 1 aromatic rings. The van der Waals surface area contributed by atoms with Crippen molar-refractivity contribution in [3.05, 3.63) is 60.2 Å². The molecule has 96 valence electrons. The number of aliphatic imine (C=N–C) groups is 1. The predicted octanol–water partition coefficient (Wildman–Crippen LogP) is 4.80. The molecule has 0 spiro atoms. The molecule has 0 aliphatic carbocycles. The Kier molecular flexibility index (Phi) is 5.57. The molecular formula is C17H23N. The summed E-state index contributed by atoms with van der Waals surface area (Å²) in [4.78, 5) is 4.67. The zero-order valence-electron chi connectivity index (χ0n) is 11.7. The van der Waals surface area contributed by atoms with Gasteiger partial charge in [-0.05, 0) is 39.2 Å². The lowest BCUT2D eigenvalue weighted by atomic mass is 9.96. The summed E-state index contributed by atoms with van der Waals surface area (Å²) in [6.07, 6.45) is 8.15. The Labute approximate surface area is 111 Å². The predicted molar refractivity (Wildman–Crippen MR) is 81.3 cm³/mol. The monoisotopic (exact) mass is 241 g/mol. The van der Waals surface area contributed by atoms with Gasteiger partial charge < -0.3 is 0 Å². The molecule has 0 radical (unpaired) electrons. The third-order valence-electron chi connectivity index (χ3n) is 2.95. The standard InChI is InChI=1S/C17H23N/c1-5-17(4,13-9-10-15(2)3)18-14-16-11-7-6-8-12-16/h5-8,10-12,14H,1,9,13H2,2-4H3. The van der Waals surface area contributed by atoms with E-state index in [1.54, 1.807) is 0 Å². The van der Waals surface area contributed by atoms with Crippen LogP contribution in [-0.4, -0.2) is 11.8 Å². The molecule has 1 unspecified atom stereocenters. The van der Waals surface area contributed by atoms with Gasteiger partial charge >= 0.3 is 0 Å². The maximum atomic E-state index is 4.67. The van der Waals surface area contributed by atoms with Crippen LogP contribution in [0.1, 0.15) is 39.2 Å². The van der Waals surface area contributed by atoms with Gasteiger partial charge in [-0.2, -0.15) is 0 Å². The maximum Gasteiger partial charge on any atom is 0.0760 e. The van der Waals surface area contributed by atoms with E-state index in [2.05, 4.69) is 50.6 Å². The van der Waals surface area contributed by atoms with Gasteiger partial charge in [-0.25, -0.2) is 0 Å². The summed E-state index contributed by atoms with van der Waals surface area (Å²) in [5.74, 6) is 0. The van der Waals surface area contributed by atoms with E-state index in [1.807, 2.05) is 30.5 Å². The van der Waals surface area contributed by atoms with Crippen molar-refractivity contribution < 1.29 is 0 Å². The summed E-state index contributed by atoms with van der Waals surface area (Å²) in [5.41, 5.74) is 2.31. The number of nitrogens with zero attached hydrogens (tertiary/aromatic N) is 1. The molecule has 0 fully saturated rings. The van der Waals surface area contributed by atoms with E-state index in [0.717, 1.165) is 18.4 Å². The van der Waals surface area contributed by atoms with Crippen LogP contribution in [0.2, 0.25) is 0 Å². The number of hydrogen-bond donors (Lipinski definition) is 0. The Morgan fingerprint density at radius 2 is 1.94 bits per heavy atom. The van der Waals surface area contributed by atoms with Crippen LogP contribution >= 0.6 is 0 Å². The van der Waals surface area contributed by atoms with Crippen molar-refractivity contribution in [1.29, 1.82) is 0 Å². The lowest BCUT2D eigenvalue weighted by molar-refractivity contribution is 0.545. The van der Waals surface area contributed by atoms with Gasteiger partial charge in [0.15, 0.2) is 0 Å². The minimum atomic E-state index is -0.179. The molecule has 1 heteroatoms. The van der Waals surface area contributed by atoms with E-state index in [4.69, 9.17) is 0 Å². The smallest absolute Gasteiger partial charge is 0.0760 e. The van der Waals surface area contributed by atoms with E-state index in [0.29, 0.717) is 0 Å². The lowest BCUT2D eigenvalue weighted by Crippen LogP contribution is -2.18. The van der Waals surface area contributed by atoms with Crippen LogP contribution in [0.15, 0.2) is 59.6 Å². The zero-order valence-corrected chi connectivity index (χ0v) is 11.7. The van der Waals surface area contributed by atoms with Crippen LogP contribution in [0, 0.1) is 0 Å². The fourth-order valence-electron chi connectivity index (χ4n) is 1.63. The average Bonchev–Trinajstić information content (AvgIpc) is 2.37. The molecule has 1 atom stereocenters. The molecule has 0 aromatic heterocycles. The van der Waals surface area contributed by atoms with Crippen LogP contribution in [0.5, 0.6) is 0 Å². The fraction of sp³-hybridized carbons (Fsp3) is 0.353. The normalized spacial score (nSPS) is 14.2. The van der Waals surface area contributed by atoms with E-state index < -0.39 is 0 Å². The Bertz CT molecular complexity index is 424. The summed E-state index contributed by atoms with van der Waals surface area (Å²) in [7, 11) is 0. The van der Waals surface area contributed by atoms with Gasteiger partial charge in [0.2, 0.25) is 0 Å². The summed E-state index contributed by atoms with van der Waals surface area (Å²) < 4.78 is 0. The first-order chi connectivity index (χ1) is 8.56. The lowest BCUT2D eigenvalue weighted by Gasteiger charge is -2.19. The molecule has 1 nitrogen and oxygen atoms in total. The first-order valence-electron chi connectivity index (χ1n) is 6.43. The van der Waals surface area contributed by atoms with E-state index in [9.17, 15) is 0 Å². The van der Waals surface area contributed by atoms with Gasteiger partial charge in [-0.1, -0.05) is 48.1 Å². The highest BCUT2D eigenvalue weighted by atomic mass is 14.8. The van der Waals surface area contributed by atoms with Crippen molar-refractivity contribution in [2.24, 2.45) is 4.99 Å². The molecule has 18 heavy (non-hydrogen) atoms. The number of allylic oxidation sites excluding steroid dienone is 2. The van der Waals surface area contributed by atoms with Gasteiger partial charge in [0, 0.05) is 6.21 Å². The van der Waals surface area contributed by atoms with Crippen LogP contribution in [0.25, 0.3) is 0 Å². The van der Waals surface area contributed by atoms with Gasteiger partial charge in [0.25, 0.3) is 0 Å². The largest absolute Gasteiger partial charge is 0.282 e. The molecule has 0 saturated carbocycles. The Morgan fingerprint density at radius 1 is 1.28 bits per heavy atom. The molecule has 1 rings (SSSR count). The van der Waals surface area contributed by atoms with Gasteiger partial charge in [0.05, 0.1) is 5.54 Å². The average molecular weight is 241 g/mol. The molecule has 0 aliphatic heterocycles. The second kappa shape index (κ2) is 6.95. The second-order valence-corrected chi connectivity index (χ2v) is 5.05. The molecule has 1 aromatic carbocycles. The molecular weight excluding hydrogens is 218 g/mol. The third-order valence-corrected chi connectivity index (χ3v) is 2.95. The number of hydrogen-bond acceptors (Lipinski definition) is 1. The number of benzene rings is 1. The minimum absolute atomic E-state index is 0.179. The molecule has 0 saturated heterocycles. The Morgan fingerprint density at radius 3 is 2.50 bits per heavy atom. The van der Waals surface area contributed by atoms with Crippen molar-refractivity contribution in [1.82, 2.24) is 0 Å². The van der Waals surface area contributed by atoms with Crippen LogP contribution in [-0.2, 0) is 0 Å². The zero-order chi connectivity index (χ0) is 13.4. The molecule has 0 N–H and O–H groups in total. The van der Waals surface area contributed by atoms with Crippen LogP contribution in [0.4, 0.5) is 0 Å². The quantitative estimate of drug-likeness (QED) is 0.501. The van der Waals surface area contributed by atoms with Crippen molar-refractivity contribution in [3.8, 4) is 0 Å². The van der Waals surface area contributed by atoms with Crippen molar-refractivity contribution in [3.63, 3.8) is 0 Å². The SMILES string of the molecule is C=CC(C)(CCC=C(C)C)N=Cc1ccccc1. The molecule has 0 bridgehead atoms. The van der Waals surface area contributed by atoms with Crippen molar-refractivity contribution in [2.75, 3.05) is 0 Å². The fourth-order valence-corrected chi connectivity index (χ4v) is 1.63. The highest BCUT2D eigenvalue weighted by molar-refractivity contribution is 5.79. The Hall–Kier alpha value is -1.63. The van der Waals surface area contributed by atoms with Crippen molar-refractivity contribution >= 4 is 6.21 Å². The highest BCUT2D eigenvalue weighted by Crippen LogP contribution is 2.19. The van der Waals surface area contributed by atoms with Crippen molar-refractivity contribution in [2.45, 2.75) is 39.2 Å². The highest BCUT2D eigenvalue weighted by Gasteiger charge is 2.16. The first-order valence-corrected chi connectivity index (χ1v) is 6.43. The van der Waals surface area contributed by atoms with E-state index in [1.165, 1.54) is 5.57 Å². The molecule has 0 heterocycles. The van der Waals surface area contributed by atoms with Gasteiger partial charge in [0.1, 0.15) is 0 Å². The maximum absolute atomic E-state index is 4.67. The van der Waals surface area contributed by atoms with Crippen LogP contribution < -0.4 is 0 Å². The second-order valence-electron chi connectivity index (χ2n) is 5.05. The topological polar surface area (TPSA) is 12.4 Å². The van der Waals surface area contributed by atoms with Gasteiger partial charge in [-0.15, -0.1) is 6.58 Å². The molecule has 0 aliphatic rings. The van der Waals surface area contributed by atoms with E-state index in [-0.39, 0.29) is 5.54 Å². The molecule has 0 amide bonds. The summed E-state index contributed by atoms with van der Waals surface area (Å²) >= 11 is 0. The Balaban J connectivity index is 2.67. The number of rotatable bonds is 6. The minimum Gasteiger partial charge on any atom is -0.282 e.